The lowest BCUT2D eigenvalue weighted by molar-refractivity contribution is -0.154. The highest BCUT2D eigenvalue weighted by Gasteiger charge is 2.29. The summed E-state index contributed by atoms with van der Waals surface area (Å²) in [6, 6.07) is 7.30. The number of alkyl halides is 5. The molecule has 11 heteroatoms. The predicted octanol–water partition coefficient (Wildman–Crippen LogP) is 3.96. The lowest BCUT2D eigenvalue weighted by Crippen LogP contribution is -2.23. The van der Waals surface area contributed by atoms with E-state index < -0.39 is 25.3 Å². The molecular weight excluding hydrogens is 415 g/mol. The minimum absolute atomic E-state index is 0.0553. The molecule has 0 unspecified atom stereocenters. The second-order valence-electron chi connectivity index (χ2n) is 5.68. The second-order valence-corrected chi connectivity index (χ2v) is 5.68. The van der Waals surface area contributed by atoms with Gasteiger partial charge in [-0.25, -0.2) is 4.98 Å². The van der Waals surface area contributed by atoms with Gasteiger partial charge in [-0.2, -0.15) is 22.0 Å². The van der Waals surface area contributed by atoms with E-state index in [1.165, 1.54) is 49.7 Å². The van der Waals surface area contributed by atoms with Crippen LogP contribution in [0.25, 0.3) is 6.08 Å². The molecule has 2 aromatic rings. The average molecular weight is 432 g/mol. The summed E-state index contributed by atoms with van der Waals surface area (Å²) in [5.74, 6) is -1.08. The number of aromatic nitrogens is 1. The number of carbonyl (C=O) groups is 1. The van der Waals surface area contributed by atoms with Gasteiger partial charge in [0.05, 0.1) is 7.11 Å². The average Bonchev–Trinajstić information content (AvgIpc) is 2.69. The molecule has 0 aliphatic carbocycles. The quantitative estimate of drug-likeness (QED) is 0.480. The van der Waals surface area contributed by atoms with Gasteiger partial charge in [0.15, 0.2) is 18.1 Å². The van der Waals surface area contributed by atoms with Gasteiger partial charge in [0, 0.05) is 29.9 Å². The van der Waals surface area contributed by atoms with Gasteiger partial charge in [0.1, 0.15) is 0 Å². The van der Waals surface area contributed by atoms with Crippen molar-refractivity contribution in [1.82, 2.24) is 10.3 Å². The highest BCUT2D eigenvalue weighted by molar-refractivity contribution is 5.92. The molecule has 0 bridgehead atoms. The molecule has 0 fully saturated rings. The van der Waals surface area contributed by atoms with Gasteiger partial charge in [-0.3, -0.25) is 4.79 Å². The van der Waals surface area contributed by atoms with Crippen LogP contribution in [0.2, 0.25) is 0 Å². The smallest absolute Gasteiger partial charge is 0.422 e. The van der Waals surface area contributed by atoms with E-state index >= 15 is 0 Å². The van der Waals surface area contributed by atoms with Crippen LogP contribution >= 0.6 is 0 Å². The standard InChI is InChI=1S/C19H17F5N2O4/c1-28-14-6-2-4-12(16(14)30-18(20)21)7-8-15(27)26-10-13-5-3-9-25-17(13)29-11-19(22,23)24/h2-9,18H,10-11H2,1H3,(H,26,27)/b8-7+. The zero-order valence-corrected chi connectivity index (χ0v) is 15.6. The summed E-state index contributed by atoms with van der Waals surface area (Å²) in [6.07, 6.45) is -0.987. The van der Waals surface area contributed by atoms with Gasteiger partial charge < -0.3 is 19.5 Å². The summed E-state index contributed by atoms with van der Waals surface area (Å²) >= 11 is 0. The fourth-order valence-electron chi connectivity index (χ4n) is 2.29. The van der Waals surface area contributed by atoms with E-state index in [0.717, 1.165) is 6.08 Å². The molecule has 162 valence electrons. The van der Waals surface area contributed by atoms with Crippen LogP contribution in [-0.4, -0.2) is 37.4 Å². The second kappa shape index (κ2) is 10.4. The number of hydrogen-bond acceptors (Lipinski definition) is 5. The molecule has 0 spiro atoms. The van der Waals surface area contributed by atoms with Crippen molar-refractivity contribution in [1.29, 1.82) is 0 Å². The number of rotatable bonds is 9. The van der Waals surface area contributed by atoms with Gasteiger partial charge in [-0.15, -0.1) is 0 Å². The van der Waals surface area contributed by atoms with E-state index in [9.17, 15) is 26.7 Å². The third-order valence-electron chi connectivity index (χ3n) is 3.53. The first-order valence-corrected chi connectivity index (χ1v) is 8.41. The van der Waals surface area contributed by atoms with Crippen molar-refractivity contribution in [2.75, 3.05) is 13.7 Å². The van der Waals surface area contributed by atoms with E-state index in [1.807, 2.05) is 0 Å². The number of hydrogen-bond donors (Lipinski definition) is 1. The molecule has 0 aliphatic rings. The Hall–Kier alpha value is -3.37. The molecule has 0 saturated heterocycles. The molecule has 2 rings (SSSR count). The summed E-state index contributed by atoms with van der Waals surface area (Å²) in [7, 11) is 1.28. The van der Waals surface area contributed by atoms with E-state index in [1.54, 1.807) is 0 Å². The van der Waals surface area contributed by atoms with Crippen LogP contribution in [0.1, 0.15) is 11.1 Å². The van der Waals surface area contributed by atoms with Crippen LogP contribution in [0.5, 0.6) is 17.4 Å². The lowest BCUT2D eigenvalue weighted by atomic mass is 10.1. The van der Waals surface area contributed by atoms with Gasteiger partial charge in [-0.1, -0.05) is 18.2 Å². The van der Waals surface area contributed by atoms with Crippen molar-refractivity contribution in [3.8, 4) is 17.4 Å². The van der Waals surface area contributed by atoms with Gasteiger partial charge in [0.25, 0.3) is 0 Å². The monoisotopic (exact) mass is 432 g/mol. The molecule has 0 radical (unpaired) electrons. The molecule has 1 aromatic carbocycles. The SMILES string of the molecule is COc1cccc(/C=C/C(=O)NCc2cccnc2OCC(F)(F)F)c1OC(F)F. The number of ether oxygens (including phenoxy) is 3. The summed E-state index contributed by atoms with van der Waals surface area (Å²) < 4.78 is 76.2. The summed E-state index contributed by atoms with van der Waals surface area (Å²) in [6.45, 7) is -4.78. The molecule has 1 aromatic heterocycles. The number of pyridine rings is 1. The molecular formula is C19H17F5N2O4. The fraction of sp³-hybridized carbons (Fsp3) is 0.263. The Morgan fingerprint density at radius 3 is 2.67 bits per heavy atom. The van der Waals surface area contributed by atoms with E-state index in [2.05, 4.69) is 19.8 Å². The largest absolute Gasteiger partial charge is 0.493 e. The first kappa shape index (κ1) is 22.9. The van der Waals surface area contributed by atoms with E-state index in [0.29, 0.717) is 0 Å². The first-order valence-electron chi connectivity index (χ1n) is 8.41. The summed E-state index contributed by atoms with van der Waals surface area (Å²) in [5.41, 5.74) is 0.395. The molecule has 1 heterocycles. The first-order chi connectivity index (χ1) is 14.2. The molecule has 1 amide bonds. The zero-order chi connectivity index (χ0) is 22.1. The number of benzene rings is 1. The molecule has 1 N–H and O–H groups in total. The Balaban J connectivity index is 2.05. The van der Waals surface area contributed by atoms with Crippen molar-refractivity contribution in [2.45, 2.75) is 19.3 Å². The molecule has 0 saturated carbocycles. The van der Waals surface area contributed by atoms with Crippen LogP contribution in [0.4, 0.5) is 22.0 Å². The van der Waals surface area contributed by atoms with Crippen molar-refractivity contribution >= 4 is 12.0 Å². The number of methoxy groups -OCH3 is 1. The highest BCUT2D eigenvalue weighted by Crippen LogP contribution is 2.33. The Bertz CT molecular complexity index is 887. The number of carbonyl (C=O) groups excluding carboxylic acids is 1. The highest BCUT2D eigenvalue weighted by atomic mass is 19.4. The Morgan fingerprint density at radius 1 is 1.23 bits per heavy atom. The van der Waals surface area contributed by atoms with Gasteiger partial charge in [0.2, 0.25) is 11.8 Å². The molecule has 0 aliphatic heterocycles. The third-order valence-corrected chi connectivity index (χ3v) is 3.53. The Labute approximate surface area is 168 Å². The minimum Gasteiger partial charge on any atom is -0.493 e. The minimum atomic E-state index is -4.53. The molecule has 30 heavy (non-hydrogen) atoms. The van der Waals surface area contributed by atoms with E-state index in [-0.39, 0.29) is 35.1 Å². The molecule has 0 atom stereocenters. The number of halogens is 5. The third kappa shape index (κ3) is 7.22. The van der Waals surface area contributed by atoms with Crippen molar-refractivity contribution in [2.24, 2.45) is 0 Å². The van der Waals surface area contributed by atoms with Crippen LogP contribution in [0.15, 0.2) is 42.6 Å². The number of para-hydroxylation sites is 1. The van der Waals surface area contributed by atoms with E-state index in [4.69, 9.17) is 4.74 Å². The van der Waals surface area contributed by atoms with Crippen LogP contribution in [-0.2, 0) is 11.3 Å². The zero-order valence-electron chi connectivity index (χ0n) is 15.6. The van der Waals surface area contributed by atoms with Crippen LogP contribution in [0.3, 0.4) is 0 Å². The number of nitrogens with zero attached hydrogens (tertiary/aromatic N) is 1. The van der Waals surface area contributed by atoms with Crippen molar-refractivity contribution in [3.05, 3.63) is 53.7 Å². The van der Waals surface area contributed by atoms with Crippen molar-refractivity contribution < 1.29 is 41.0 Å². The Kier molecular flexibility index (Phi) is 7.96. The normalized spacial score (nSPS) is 11.6. The van der Waals surface area contributed by atoms with Gasteiger partial charge >= 0.3 is 12.8 Å². The Morgan fingerprint density at radius 2 is 2.00 bits per heavy atom. The lowest BCUT2D eigenvalue weighted by Gasteiger charge is -2.12. The van der Waals surface area contributed by atoms with Gasteiger partial charge in [-0.05, 0) is 18.2 Å². The topological polar surface area (TPSA) is 69.7 Å². The maximum Gasteiger partial charge on any atom is 0.422 e. The van der Waals surface area contributed by atoms with Crippen LogP contribution < -0.4 is 19.5 Å². The number of amides is 1. The fourth-order valence-corrected chi connectivity index (χ4v) is 2.29. The maximum absolute atomic E-state index is 12.6. The summed E-state index contributed by atoms with van der Waals surface area (Å²) in [5, 5.41) is 2.45. The molecule has 6 nitrogen and oxygen atoms in total. The summed E-state index contributed by atoms with van der Waals surface area (Å²) in [4.78, 5) is 15.8. The predicted molar refractivity (Wildman–Crippen MR) is 96.3 cm³/mol. The number of nitrogens with one attached hydrogen (secondary N) is 1. The maximum atomic E-state index is 12.6. The van der Waals surface area contributed by atoms with Crippen LogP contribution in [0, 0.1) is 0 Å². The van der Waals surface area contributed by atoms with Crippen molar-refractivity contribution in [3.63, 3.8) is 0 Å².